The lowest BCUT2D eigenvalue weighted by molar-refractivity contribution is -0.115. The molecule has 1 atom stereocenters. The van der Waals surface area contributed by atoms with E-state index >= 15 is 0 Å². The zero-order valence-electron chi connectivity index (χ0n) is 15.4. The number of primary sulfonamides is 1. The number of aromatic nitrogens is 3. The Bertz CT molecular complexity index is 1200. The second kappa shape index (κ2) is 8.82. The maximum atomic E-state index is 12.5. The van der Waals surface area contributed by atoms with E-state index < -0.39 is 15.3 Å². The van der Waals surface area contributed by atoms with Crippen LogP contribution in [-0.2, 0) is 14.8 Å². The normalized spacial score (nSPS) is 12.5. The van der Waals surface area contributed by atoms with Crippen LogP contribution in [0.25, 0.3) is 11.4 Å². The third-order valence-corrected chi connectivity index (χ3v) is 6.49. The Kier molecular flexibility index (Phi) is 6.58. The standard InChI is InChI=1S/C17H16Cl2N6O3S2/c1-9(16(26)22-11-3-5-12(6-4-11)30(21,27)28)29-17-24-23-15(25(17)20)13-8-10(18)2-7-14(13)19/h2-9H,20H2,1H3,(H,22,26)(H2,21,27,28). The molecular formula is C17H16Cl2N6O3S2. The first kappa shape index (κ1) is 22.4. The van der Waals surface area contributed by atoms with Crippen molar-refractivity contribution < 1.29 is 13.2 Å². The molecule has 0 radical (unpaired) electrons. The van der Waals surface area contributed by atoms with E-state index in [9.17, 15) is 13.2 Å². The topological polar surface area (TPSA) is 146 Å². The summed E-state index contributed by atoms with van der Waals surface area (Å²) in [4.78, 5) is 12.4. The van der Waals surface area contributed by atoms with E-state index in [1.165, 1.54) is 28.9 Å². The van der Waals surface area contributed by atoms with E-state index in [0.717, 1.165) is 11.8 Å². The molecule has 0 aliphatic rings. The number of nitrogens with one attached hydrogen (secondary N) is 1. The van der Waals surface area contributed by atoms with Gasteiger partial charge >= 0.3 is 0 Å². The van der Waals surface area contributed by atoms with Crippen molar-refractivity contribution in [1.82, 2.24) is 14.9 Å². The summed E-state index contributed by atoms with van der Waals surface area (Å²) in [5.41, 5.74) is 0.929. The van der Waals surface area contributed by atoms with E-state index in [0.29, 0.717) is 32.3 Å². The van der Waals surface area contributed by atoms with Crippen molar-refractivity contribution in [2.75, 3.05) is 11.2 Å². The van der Waals surface area contributed by atoms with Gasteiger partial charge in [0.05, 0.1) is 15.2 Å². The predicted molar refractivity (Wildman–Crippen MR) is 117 cm³/mol. The van der Waals surface area contributed by atoms with Gasteiger partial charge in [0.25, 0.3) is 0 Å². The zero-order valence-corrected chi connectivity index (χ0v) is 18.6. The summed E-state index contributed by atoms with van der Waals surface area (Å²) in [6.07, 6.45) is 0. The fraction of sp³-hybridized carbons (Fsp3) is 0.118. The molecule has 3 rings (SSSR count). The smallest absolute Gasteiger partial charge is 0.238 e. The Morgan fingerprint density at radius 2 is 1.83 bits per heavy atom. The predicted octanol–water partition coefficient (Wildman–Crippen LogP) is 2.73. The van der Waals surface area contributed by atoms with Crippen LogP contribution in [0.3, 0.4) is 0 Å². The van der Waals surface area contributed by atoms with Gasteiger partial charge in [0.15, 0.2) is 5.82 Å². The number of hydrogen-bond donors (Lipinski definition) is 3. The Hall–Kier alpha value is -2.31. The molecule has 1 aromatic heterocycles. The van der Waals surface area contributed by atoms with E-state index in [4.69, 9.17) is 34.2 Å². The van der Waals surface area contributed by atoms with Crippen LogP contribution < -0.4 is 16.3 Å². The number of halogens is 2. The van der Waals surface area contributed by atoms with Crippen LogP contribution in [0.2, 0.25) is 10.0 Å². The van der Waals surface area contributed by atoms with Gasteiger partial charge in [-0.15, -0.1) is 10.2 Å². The number of nitrogens with zero attached hydrogens (tertiary/aromatic N) is 3. The first-order valence-electron chi connectivity index (χ1n) is 8.32. The molecule has 5 N–H and O–H groups in total. The fourth-order valence-corrected chi connectivity index (χ4v) is 4.05. The highest BCUT2D eigenvalue weighted by Crippen LogP contribution is 2.31. The van der Waals surface area contributed by atoms with Crippen molar-refractivity contribution in [2.24, 2.45) is 5.14 Å². The number of sulfonamides is 1. The molecule has 0 spiro atoms. The molecule has 30 heavy (non-hydrogen) atoms. The van der Waals surface area contributed by atoms with Crippen LogP contribution in [0.4, 0.5) is 5.69 Å². The average Bonchev–Trinajstić information content (AvgIpc) is 3.03. The molecule has 13 heteroatoms. The zero-order chi connectivity index (χ0) is 22.1. The van der Waals surface area contributed by atoms with Crippen molar-refractivity contribution in [3.63, 3.8) is 0 Å². The summed E-state index contributed by atoms with van der Waals surface area (Å²) in [7, 11) is -3.80. The van der Waals surface area contributed by atoms with E-state index in [1.807, 2.05) is 0 Å². The fourth-order valence-electron chi connectivity index (χ4n) is 2.39. The quantitative estimate of drug-likeness (QED) is 0.358. The van der Waals surface area contributed by atoms with Crippen LogP contribution >= 0.6 is 35.0 Å². The molecule has 1 amide bonds. The molecule has 0 saturated heterocycles. The highest BCUT2D eigenvalue weighted by atomic mass is 35.5. The van der Waals surface area contributed by atoms with Gasteiger partial charge in [-0.2, -0.15) is 0 Å². The molecular weight excluding hydrogens is 471 g/mol. The van der Waals surface area contributed by atoms with Crippen molar-refractivity contribution in [1.29, 1.82) is 0 Å². The van der Waals surface area contributed by atoms with Gasteiger partial charge in [-0.25, -0.2) is 18.2 Å². The Morgan fingerprint density at radius 1 is 1.17 bits per heavy atom. The number of benzene rings is 2. The maximum Gasteiger partial charge on any atom is 0.238 e. The van der Waals surface area contributed by atoms with Gasteiger partial charge in [0.1, 0.15) is 0 Å². The minimum absolute atomic E-state index is 0.0497. The minimum atomic E-state index is -3.80. The van der Waals surface area contributed by atoms with E-state index in [2.05, 4.69) is 15.5 Å². The monoisotopic (exact) mass is 486 g/mol. The number of carbonyl (C=O) groups is 1. The number of amides is 1. The molecule has 0 fully saturated rings. The van der Waals surface area contributed by atoms with Gasteiger partial charge in [-0.1, -0.05) is 35.0 Å². The van der Waals surface area contributed by atoms with Gasteiger partial charge in [0, 0.05) is 16.3 Å². The second-order valence-corrected chi connectivity index (χ2v) is 9.83. The Morgan fingerprint density at radius 3 is 2.47 bits per heavy atom. The van der Waals surface area contributed by atoms with Crippen molar-refractivity contribution >= 4 is 56.6 Å². The lowest BCUT2D eigenvalue weighted by Crippen LogP contribution is -2.23. The van der Waals surface area contributed by atoms with Gasteiger partial charge < -0.3 is 11.2 Å². The number of thioether (sulfide) groups is 1. The molecule has 158 valence electrons. The van der Waals surface area contributed by atoms with Crippen LogP contribution in [0.15, 0.2) is 52.5 Å². The van der Waals surface area contributed by atoms with Crippen LogP contribution in [0.1, 0.15) is 6.92 Å². The Balaban J connectivity index is 1.71. The molecule has 1 unspecified atom stereocenters. The highest BCUT2D eigenvalue weighted by molar-refractivity contribution is 8.00. The van der Waals surface area contributed by atoms with Crippen molar-refractivity contribution in [3.05, 3.63) is 52.5 Å². The van der Waals surface area contributed by atoms with Crippen LogP contribution in [-0.4, -0.2) is 34.4 Å². The Labute approximate surface area is 186 Å². The number of hydrogen-bond acceptors (Lipinski definition) is 7. The molecule has 2 aromatic carbocycles. The molecule has 0 aliphatic carbocycles. The van der Waals surface area contributed by atoms with Gasteiger partial charge in [-0.3, -0.25) is 4.79 Å². The molecule has 3 aromatic rings. The first-order chi connectivity index (χ1) is 14.1. The van der Waals surface area contributed by atoms with Crippen molar-refractivity contribution in [2.45, 2.75) is 22.2 Å². The van der Waals surface area contributed by atoms with Gasteiger partial charge in [-0.05, 0) is 49.4 Å². The number of nitrogen functional groups attached to an aromatic ring is 1. The van der Waals surface area contributed by atoms with E-state index in [1.54, 1.807) is 25.1 Å². The minimum Gasteiger partial charge on any atom is -0.335 e. The molecule has 0 bridgehead atoms. The summed E-state index contributed by atoms with van der Waals surface area (Å²) >= 11 is 13.3. The maximum absolute atomic E-state index is 12.5. The lowest BCUT2D eigenvalue weighted by atomic mass is 10.2. The number of nitrogens with two attached hydrogens (primary N) is 2. The number of rotatable bonds is 6. The summed E-state index contributed by atoms with van der Waals surface area (Å²) in [6.45, 7) is 1.67. The third kappa shape index (κ3) is 5.05. The largest absolute Gasteiger partial charge is 0.335 e. The summed E-state index contributed by atoms with van der Waals surface area (Å²) < 4.78 is 23.8. The third-order valence-electron chi connectivity index (χ3n) is 3.94. The average molecular weight is 487 g/mol. The van der Waals surface area contributed by atoms with Crippen LogP contribution in [0, 0.1) is 0 Å². The molecule has 1 heterocycles. The SMILES string of the molecule is CC(Sc1nnc(-c2cc(Cl)ccc2Cl)n1N)C(=O)Nc1ccc(S(N)(=O)=O)cc1. The lowest BCUT2D eigenvalue weighted by Gasteiger charge is -2.12. The number of anilines is 1. The highest BCUT2D eigenvalue weighted by Gasteiger charge is 2.21. The molecule has 0 aliphatic heterocycles. The van der Waals surface area contributed by atoms with Crippen LogP contribution in [0.5, 0.6) is 0 Å². The molecule has 9 nitrogen and oxygen atoms in total. The summed E-state index contributed by atoms with van der Waals surface area (Å²) in [5, 5.41) is 16.4. The summed E-state index contributed by atoms with van der Waals surface area (Å²) in [5.74, 6) is 6.04. The first-order valence-corrected chi connectivity index (χ1v) is 11.5. The number of carbonyl (C=O) groups excluding carboxylic acids is 1. The second-order valence-electron chi connectivity index (χ2n) is 6.12. The molecule has 0 saturated carbocycles. The summed E-state index contributed by atoms with van der Waals surface area (Å²) in [6, 6.07) is 10.4. The van der Waals surface area contributed by atoms with Crippen molar-refractivity contribution in [3.8, 4) is 11.4 Å². The van der Waals surface area contributed by atoms with E-state index in [-0.39, 0.29) is 10.8 Å². The van der Waals surface area contributed by atoms with Gasteiger partial charge in [0.2, 0.25) is 21.1 Å².